The second-order valence-corrected chi connectivity index (χ2v) is 5.49. The number of rotatable bonds is 4. The van der Waals surface area contributed by atoms with Crippen LogP contribution in [0.5, 0.6) is 0 Å². The highest BCUT2D eigenvalue weighted by atomic mass is 16.5. The molecule has 1 saturated carbocycles. The van der Waals surface area contributed by atoms with E-state index in [1.165, 1.54) is 32.1 Å². The van der Waals surface area contributed by atoms with Crippen molar-refractivity contribution in [3.63, 3.8) is 0 Å². The van der Waals surface area contributed by atoms with Crippen molar-refractivity contribution in [2.75, 3.05) is 13.2 Å². The zero-order valence-corrected chi connectivity index (χ0v) is 10.2. The molecule has 2 atom stereocenters. The first kappa shape index (κ1) is 11.4. The molecular formula is C13H25NO. The zero-order valence-electron chi connectivity index (χ0n) is 10.2. The summed E-state index contributed by atoms with van der Waals surface area (Å²) in [7, 11) is 0. The molecule has 2 rings (SSSR count). The Labute approximate surface area is 93.8 Å². The van der Waals surface area contributed by atoms with Crippen LogP contribution in [0.3, 0.4) is 0 Å². The summed E-state index contributed by atoms with van der Waals surface area (Å²) in [6.45, 7) is 6.59. The highest BCUT2D eigenvalue weighted by Gasteiger charge is 2.35. The van der Waals surface area contributed by atoms with Crippen LogP contribution in [0.4, 0.5) is 0 Å². The van der Waals surface area contributed by atoms with Gasteiger partial charge in [-0.3, -0.25) is 0 Å². The summed E-state index contributed by atoms with van der Waals surface area (Å²) in [5, 5.41) is 3.56. The van der Waals surface area contributed by atoms with Gasteiger partial charge in [0.25, 0.3) is 0 Å². The molecule has 1 aliphatic carbocycles. The molecule has 15 heavy (non-hydrogen) atoms. The van der Waals surface area contributed by atoms with E-state index in [4.69, 9.17) is 4.74 Å². The molecule has 2 nitrogen and oxygen atoms in total. The van der Waals surface area contributed by atoms with Crippen LogP contribution in [0.25, 0.3) is 0 Å². The second-order valence-electron chi connectivity index (χ2n) is 5.49. The van der Waals surface area contributed by atoms with Crippen molar-refractivity contribution in [2.45, 2.75) is 58.1 Å². The third-order valence-electron chi connectivity index (χ3n) is 3.92. The molecule has 0 radical (unpaired) electrons. The fourth-order valence-corrected chi connectivity index (χ4v) is 3.07. The number of ether oxygens (including phenoxy) is 1. The maximum absolute atomic E-state index is 5.94. The summed E-state index contributed by atoms with van der Waals surface area (Å²) >= 11 is 0. The van der Waals surface area contributed by atoms with Crippen molar-refractivity contribution < 1.29 is 4.74 Å². The molecule has 88 valence electrons. The minimum atomic E-state index is 0.568. The van der Waals surface area contributed by atoms with Gasteiger partial charge in [-0.25, -0.2) is 0 Å². The molecule has 0 spiro atoms. The molecular weight excluding hydrogens is 186 g/mol. The van der Waals surface area contributed by atoms with Gasteiger partial charge in [-0.2, -0.15) is 0 Å². The first-order valence-electron chi connectivity index (χ1n) is 6.62. The van der Waals surface area contributed by atoms with Crippen molar-refractivity contribution in [3.8, 4) is 0 Å². The molecule has 2 heteroatoms. The maximum Gasteiger partial charge on any atom is 0.0644 e. The van der Waals surface area contributed by atoms with Crippen LogP contribution in [0, 0.1) is 11.8 Å². The van der Waals surface area contributed by atoms with Crippen LogP contribution in [0.15, 0.2) is 0 Å². The topological polar surface area (TPSA) is 21.3 Å². The van der Waals surface area contributed by atoms with E-state index >= 15 is 0 Å². The Balaban J connectivity index is 1.81. The molecule has 0 bridgehead atoms. The average molecular weight is 211 g/mol. The normalized spacial score (nSPS) is 33.0. The van der Waals surface area contributed by atoms with Gasteiger partial charge >= 0.3 is 0 Å². The van der Waals surface area contributed by atoms with Gasteiger partial charge in [-0.15, -0.1) is 0 Å². The summed E-state index contributed by atoms with van der Waals surface area (Å²) in [5.41, 5.74) is 0. The van der Waals surface area contributed by atoms with Crippen LogP contribution in [-0.2, 0) is 4.74 Å². The molecule has 0 aromatic heterocycles. The molecule has 0 aromatic rings. The van der Waals surface area contributed by atoms with Gasteiger partial charge in [0.1, 0.15) is 0 Å². The van der Waals surface area contributed by atoms with Gasteiger partial charge in [0.2, 0.25) is 0 Å². The van der Waals surface area contributed by atoms with Crippen molar-refractivity contribution >= 4 is 0 Å². The van der Waals surface area contributed by atoms with Gasteiger partial charge in [0.15, 0.2) is 0 Å². The monoisotopic (exact) mass is 211 g/mol. The van der Waals surface area contributed by atoms with Gasteiger partial charge < -0.3 is 10.1 Å². The predicted molar refractivity (Wildman–Crippen MR) is 62.9 cm³/mol. The summed E-state index contributed by atoms with van der Waals surface area (Å²) in [6, 6.07) is 0.606. The van der Waals surface area contributed by atoms with Gasteiger partial charge in [-0.05, 0) is 25.2 Å². The van der Waals surface area contributed by atoms with Crippen LogP contribution < -0.4 is 5.32 Å². The first-order chi connectivity index (χ1) is 7.27. The highest BCUT2D eigenvalue weighted by Crippen LogP contribution is 2.36. The van der Waals surface area contributed by atoms with E-state index < -0.39 is 0 Å². The van der Waals surface area contributed by atoms with E-state index in [9.17, 15) is 0 Å². The Kier molecular flexibility index (Phi) is 4.04. The quantitative estimate of drug-likeness (QED) is 0.771. The predicted octanol–water partition coefficient (Wildman–Crippen LogP) is 2.58. The molecule has 1 aliphatic heterocycles. The molecule has 2 aliphatic rings. The Hall–Kier alpha value is -0.0800. The van der Waals surface area contributed by atoms with Crippen LogP contribution >= 0.6 is 0 Å². The highest BCUT2D eigenvalue weighted by molar-refractivity contribution is 4.86. The fraction of sp³-hybridized carbons (Fsp3) is 1.00. The Bertz CT molecular complexity index is 187. The lowest BCUT2D eigenvalue weighted by Gasteiger charge is -2.25. The summed E-state index contributed by atoms with van der Waals surface area (Å²) in [4.78, 5) is 0. The maximum atomic E-state index is 5.94. The third kappa shape index (κ3) is 2.94. The lowest BCUT2D eigenvalue weighted by molar-refractivity contribution is 0.0433. The largest absolute Gasteiger partial charge is 0.378 e. The number of nitrogens with one attached hydrogen (secondary N) is 1. The molecule has 1 saturated heterocycles. The van der Waals surface area contributed by atoms with E-state index in [0.717, 1.165) is 25.0 Å². The lowest BCUT2D eigenvalue weighted by Crippen LogP contribution is -2.35. The fourth-order valence-electron chi connectivity index (χ4n) is 3.07. The van der Waals surface area contributed by atoms with Crippen molar-refractivity contribution in [1.29, 1.82) is 0 Å². The van der Waals surface area contributed by atoms with E-state index in [1.807, 2.05) is 0 Å². The van der Waals surface area contributed by atoms with E-state index in [1.54, 1.807) is 0 Å². The van der Waals surface area contributed by atoms with Gasteiger partial charge in [0, 0.05) is 25.1 Å². The Morgan fingerprint density at radius 1 is 1.20 bits per heavy atom. The molecule has 2 unspecified atom stereocenters. The van der Waals surface area contributed by atoms with E-state index in [0.29, 0.717) is 12.1 Å². The van der Waals surface area contributed by atoms with E-state index in [2.05, 4.69) is 19.2 Å². The summed E-state index contributed by atoms with van der Waals surface area (Å²) in [6.07, 6.45) is 7.50. The smallest absolute Gasteiger partial charge is 0.0644 e. The van der Waals surface area contributed by atoms with Crippen LogP contribution in [0.2, 0.25) is 0 Å². The zero-order chi connectivity index (χ0) is 10.7. The van der Waals surface area contributed by atoms with Gasteiger partial charge in [0.05, 0.1) is 6.10 Å². The molecule has 1 heterocycles. The SMILES string of the molecule is CC(C)NCC1CCOC1C1CCCC1. The summed E-state index contributed by atoms with van der Waals surface area (Å²) < 4.78 is 5.94. The second kappa shape index (κ2) is 5.31. The lowest BCUT2D eigenvalue weighted by atomic mass is 9.89. The molecule has 2 fully saturated rings. The van der Waals surface area contributed by atoms with Crippen LogP contribution in [0.1, 0.15) is 46.0 Å². The number of hydrogen-bond donors (Lipinski definition) is 1. The van der Waals surface area contributed by atoms with Gasteiger partial charge in [-0.1, -0.05) is 26.7 Å². The van der Waals surface area contributed by atoms with Crippen molar-refractivity contribution in [3.05, 3.63) is 0 Å². The first-order valence-corrected chi connectivity index (χ1v) is 6.62. The molecule has 1 N–H and O–H groups in total. The minimum Gasteiger partial charge on any atom is -0.378 e. The average Bonchev–Trinajstić information content (AvgIpc) is 2.85. The third-order valence-corrected chi connectivity index (χ3v) is 3.92. The molecule has 0 aromatic carbocycles. The Morgan fingerprint density at radius 2 is 1.93 bits per heavy atom. The standard InChI is InChI=1S/C13H25NO/c1-10(2)14-9-12-7-8-15-13(12)11-5-3-4-6-11/h10-14H,3-9H2,1-2H3. The molecule has 0 amide bonds. The summed E-state index contributed by atoms with van der Waals surface area (Å²) in [5.74, 6) is 1.64. The Morgan fingerprint density at radius 3 is 2.60 bits per heavy atom. The van der Waals surface area contributed by atoms with Crippen molar-refractivity contribution in [1.82, 2.24) is 5.32 Å². The van der Waals surface area contributed by atoms with E-state index in [-0.39, 0.29) is 0 Å². The number of hydrogen-bond acceptors (Lipinski definition) is 2. The van der Waals surface area contributed by atoms with Crippen LogP contribution in [-0.4, -0.2) is 25.3 Å². The van der Waals surface area contributed by atoms with Crippen molar-refractivity contribution in [2.24, 2.45) is 11.8 Å². The minimum absolute atomic E-state index is 0.568.